The van der Waals surface area contributed by atoms with Gasteiger partial charge in [0.05, 0.1) is 0 Å². The number of aromatic amines is 2. The lowest BCUT2D eigenvalue weighted by atomic mass is 10.1. The average Bonchev–Trinajstić information content (AvgIpc) is 2.58. The van der Waals surface area contributed by atoms with Gasteiger partial charge in [0.15, 0.2) is 6.61 Å². The number of hydrogen-bond acceptors (Lipinski definition) is 5. The molecule has 132 valence electrons. The average molecular weight is 345 g/mol. The van der Waals surface area contributed by atoms with Gasteiger partial charge in [0, 0.05) is 11.8 Å². The summed E-state index contributed by atoms with van der Waals surface area (Å²) in [6.45, 7) is 1.59. The standard InChI is InChI=1S/C17H19N3O5/c1-2-3-4-11-5-7-12(8-6-11)18-15(22)10-25-16(23)13-9-14(21)20-17(24)19-13/h5-9H,2-4,10H2,1H3,(H,18,22)(H2,19,20,21,24). The number of carbonyl (C=O) groups excluding carboxylic acids is 2. The molecule has 2 rings (SSSR count). The number of aromatic nitrogens is 2. The van der Waals surface area contributed by atoms with Crippen molar-refractivity contribution in [2.75, 3.05) is 11.9 Å². The number of benzene rings is 1. The molecule has 1 aromatic heterocycles. The van der Waals surface area contributed by atoms with E-state index in [9.17, 15) is 19.2 Å². The van der Waals surface area contributed by atoms with E-state index < -0.39 is 29.7 Å². The Kier molecular flexibility index (Phi) is 6.27. The summed E-state index contributed by atoms with van der Waals surface area (Å²) in [5.74, 6) is -1.49. The minimum absolute atomic E-state index is 0.318. The van der Waals surface area contributed by atoms with Crippen LogP contribution >= 0.6 is 0 Å². The smallest absolute Gasteiger partial charge is 0.355 e. The Labute approximate surface area is 143 Å². The van der Waals surface area contributed by atoms with Gasteiger partial charge < -0.3 is 15.0 Å². The van der Waals surface area contributed by atoms with E-state index in [1.54, 1.807) is 12.1 Å². The van der Waals surface area contributed by atoms with Crippen LogP contribution < -0.4 is 16.6 Å². The first-order valence-corrected chi connectivity index (χ1v) is 7.87. The predicted molar refractivity (Wildman–Crippen MR) is 91.6 cm³/mol. The number of esters is 1. The molecule has 1 aromatic carbocycles. The maximum Gasteiger partial charge on any atom is 0.355 e. The number of aryl methyl sites for hydroxylation is 1. The molecule has 8 nitrogen and oxygen atoms in total. The van der Waals surface area contributed by atoms with Crippen LogP contribution in [-0.4, -0.2) is 28.5 Å². The zero-order chi connectivity index (χ0) is 18.2. The van der Waals surface area contributed by atoms with E-state index in [2.05, 4.69) is 17.2 Å². The highest BCUT2D eigenvalue weighted by atomic mass is 16.5. The van der Waals surface area contributed by atoms with Gasteiger partial charge in [-0.05, 0) is 30.5 Å². The van der Waals surface area contributed by atoms with Crippen LogP contribution in [0.15, 0.2) is 39.9 Å². The molecule has 0 bridgehead atoms. The van der Waals surface area contributed by atoms with Crippen LogP contribution in [0.3, 0.4) is 0 Å². The van der Waals surface area contributed by atoms with Crippen molar-refractivity contribution in [2.45, 2.75) is 26.2 Å². The van der Waals surface area contributed by atoms with E-state index in [0.717, 1.165) is 25.3 Å². The summed E-state index contributed by atoms with van der Waals surface area (Å²) in [6.07, 6.45) is 3.20. The molecule has 0 aliphatic carbocycles. The molecule has 0 fully saturated rings. The largest absolute Gasteiger partial charge is 0.451 e. The van der Waals surface area contributed by atoms with Gasteiger partial charge in [0.25, 0.3) is 11.5 Å². The van der Waals surface area contributed by atoms with Gasteiger partial charge in [0.2, 0.25) is 0 Å². The fourth-order valence-corrected chi connectivity index (χ4v) is 2.12. The van der Waals surface area contributed by atoms with Crippen molar-refractivity contribution in [3.05, 3.63) is 62.4 Å². The predicted octanol–water partition coefficient (Wildman–Crippen LogP) is 1.20. The number of hydrogen-bond donors (Lipinski definition) is 3. The molecular formula is C17H19N3O5. The first-order chi connectivity index (χ1) is 12.0. The monoisotopic (exact) mass is 345 g/mol. The van der Waals surface area contributed by atoms with Gasteiger partial charge >= 0.3 is 11.7 Å². The summed E-state index contributed by atoms with van der Waals surface area (Å²) in [5, 5.41) is 2.60. The Morgan fingerprint density at radius 2 is 1.84 bits per heavy atom. The molecular weight excluding hydrogens is 326 g/mol. The highest BCUT2D eigenvalue weighted by molar-refractivity contribution is 5.94. The summed E-state index contributed by atoms with van der Waals surface area (Å²) >= 11 is 0. The van der Waals surface area contributed by atoms with Crippen LogP contribution in [0.1, 0.15) is 35.8 Å². The van der Waals surface area contributed by atoms with Crippen LogP contribution in [-0.2, 0) is 16.0 Å². The molecule has 0 aliphatic rings. The van der Waals surface area contributed by atoms with Gasteiger partial charge in [-0.3, -0.25) is 14.6 Å². The Bertz CT molecular complexity index is 823. The number of ether oxygens (including phenoxy) is 1. The fraction of sp³-hybridized carbons (Fsp3) is 0.294. The SMILES string of the molecule is CCCCc1ccc(NC(=O)COC(=O)c2cc(=O)[nH]c(=O)[nH]2)cc1. The molecule has 0 saturated heterocycles. The molecule has 0 radical (unpaired) electrons. The topological polar surface area (TPSA) is 121 Å². The molecule has 8 heteroatoms. The number of carbonyl (C=O) groups is 2. The third-order valence-electron chi connectivity index (χ3n) is 3.37. The molecule has 1 amide bonds. The maximum atomic E-state index is 11.8. The summed E-state index contributed by atoms with van der Waals surface area (Å²) in [7, 11) is 0. The molecule has 0 unspecified atom stereocenters. The first kappa shape index (κ1) is 18.2. The van der Waals surface area contributed by atoms with Gasteiger partial charge in [-0.2, -0.15) is 0 Å². The molecule has 0 atom stereocenters. The highest BCUT2D eigenvalue weighted by Gasteiger charge is 2.12. The van der Waals surface area contributed by atoms with Crippen molar-refractivity contribution in [3.8, 4) is 0 Å². The first-order valence-electron chi connectivity index (χ1n) is 7.87. The zero-order valence-corrected chi connectivity index (χ0v) is 13.8. The Morgan fingerprint density at radius 3 is 2.48 bits per heavy atom. The van der Waals surface area contributed by atoms with Crippen molar-refractivity contribution in [2.24, 2.45) is 0 Å². The van der Waals surface area contributed by atoms with Gasteiger partial charge in [0.1, 0.15) is 5.69 Å². The summed E-state index contributed by atoms with van der Waals surface area (Å²) in [6, 6.07) is 8.30. The van der Waals surface area contributed by atoms with E-state index >= 15 is 0 Å². The van der Waals surface area contributed by atoms with Crippen LogP contribution in [0.4, 0.5) is 5.69 Å². The van der Waals surface area contributed by atoms with Crippen LogP contribution in [0.2, 0.25) is 0 Å². The lowest BCUT2D eigenvalue weighted by Gasteiger charge is -2.07. The van der Waals surface area contributed by atoms with E-state index in [1.165, 1.54) is 5.56 Å². The number of nitrogens with one attached hydrogen (secondary N) is 3. The van der Waals surface area contributed by atoms with E-state index in [-0.39, 0.29) is 5.69 Å². The number of anilines is 1. The molecule has 0 saturated carbocycles. The van der Waals surface area contributed by atoms with Crippen LogP contribution in [0.25, 0.3) is 0 Å². The van der Waals surface area contributed by atoms with E-state index in [4.69, 9.17) is 4.74 Å². The molecule has 1 heterocycles. The molecule has 0 aliphatic heterocycles. The Morgan fingerprint density at radius 1 is 1.12 bits per heavy atom. The van der Waals surface area contributed by atoms with Gasteiger partial charge in [-0.1, -0.05) is 25.5 Å². The molecule has 25 heavy (non-hydrogen) atoms. The van der Waals surface area contributed by atoms with Crippen LogP contribution in [0, 0.1) is 0 Å². The van der Waals surface area contributed by atoms with Crippen molar-refractivity contribution < 1.29 is 14.3 Å². The summed E-state index contributed by atoms with van der Waals surface area (Å²) < 4.78 is 4.78. The number of rotatable bonds is 7. The quantitative estimate of drug-likeness (QED) is 0.651. The second-order valence-electron chi connectivity index (χ2n) is 5.43. The number of unbranched alkanes of at least 4 members (excludes halogenated alkanes) is 1. The van der Waals surface area contributed by atoms with E-state index in [1.807, 2.05) is 17.1 Å². The summed E-state index contributed by atoms with van der Waals surface area (Å²) in [5.41, 5.74) is -0.104. The number of amides is 1. The Hall–Kier alpha value is -3.16. The third-order valence-corrected chi connectivity index (χ3v) is 3.37. The van der Waals surface area contributed by atoms with Crippen LogP contribution in [0.5, 0.6) is 0 Å². The summed E-state index contributed by atoms with van der Waals surface area (Å²) in [4.78, 5) is 49.8. The normalized spacial score (nSPS) is 10.3. The zero-order valence-electron chi connectivity index (χ0n) is 13.8. The van der Waals surface area contributed by atoms with Crippen molar-refractivity contribution in [3.63, 3.8) is 0 Å². The maximum absolute atomic E-state index is 11.8. The second kappa shape index (κ2) is 8.62. The molecule has 0 spiro atoms. The third kappa shape index (κ3) is 5.76. The van der Waals surface area contributed by atoms with E-state index in [0.29, 0.717) is 5.69 Å². The Balaban J connectivity index is 1.86. The van der Waals surface area contributed by atoms with Gasteiger partial charge in [-0.15, -0.1) is 0 Å². The minimum atomic E-state index is -0.965. The highest BCUT2D eigenvalue weighted by Crippen LogP contribution is 2.11. The van der Waals surface area contributed by atoms with Gasteiger partial charge in [-0.25, -0.2) is 9.59 Å². The number of H-pyrrole nitrogens is 2. The van der Waals surface area contributed by atoms with Crippen molar-refractivity contribution in [1.82, 2.24) is 9.97 Å². The lowest BCUT2D eigenvalue weighted by molar-refractivity contribution is -0.119. The molecule has 3 N–H and O–H groups in total. The second-order valence-corrected chi connectivity index (χ2v) is 5.43. The van der Waals surface area contributed by atoms with Crippen molar-refractivity contribution >= 4 is 17.6 Å². The molecule has 2 aromatic rings. The van der Waals surface area contributed by atoms with Crippen molar-refractivity contribution in [1.29, 1.82) is 0 Å². The minimum Gasteiger partial charge on any atom is -0.451 e. The lowest BCUT2D eigenvalue weighted by Crippen LogP contribution is -2.27. The fourth-order valence-electron chi connectivity index (χ4n) is 2.12.